The number of alkyl halides is 3. The van der Waals surface area contributed by atoms with Crippen LogP contribution in [0.15, 0.2) is 36.4 Å². The number of hydrogen-bond acceptors (Lipinski definition) is 1. The third-order valence-electron chi connectivity index (χ3n) is 2.68. The van der Waals surface area contributed by atoms with Crippen molar-refractivity contribution in [3.63, 3.8) is 0 Å². The number of nitrogens with zero attached hydrogens (tertiary/aromatic N) is 1. The Hall–Kier alpha value is -2.42. The summed E-state index contributed by atoms with van der Waals surface area (Å²) >= 11 is 0. The molecule has 0 unspecified atom stereocenters. The minimum atomic E-state index is -4.55. The molecular weight excluding hydrogens is 277 g/mol. The van der Waals surface area contributed by atoms with E-state index in [1.54, 1.807) is 6.07 Å². The Morgan fingerprint density at radius 3 is 2.20 bits per heavy atom. The lowest BCUT2D eigenvalue weighted by Crippen LogP contribution is -2.04. The molecule has 0 amide bonds. The highest BCUT2D eigenvalue weighted by atomic mass is 19.4. The molecule has 0 spiro atoms. The van der Waals surface area contributed by atoms with Crippen LogP contribution in [0.4, 0.5) is 22.0 Å². The van der Waals surface area contributed by atoms with Crippen LogP contribution in [0.1, 0.15) is 11.1 Å². The van der Waals surface area contributed by atoms with Crippen LogP contribution in [0.25, 0.3) is 11.1 Å². The van der Waals surface area contributed by atoms with E-state index in [0.717, 1.165) is 18.2 Å². The molecule has 0 fully saturated rings. The number of hydrogen-bond donors (Lipinski definition) is 0. The molecule has 0 N–H and O–H groups in total. The molecule has 2 aromatic carbocycles. The highest BCUT2D eigenvalue weighted by molar-refractivity contribution is 5.71. The number of nitriles is 1. The summed E-state index contributed by atoms with van der Waals surface area (Å²) < 4.78 is 64.1. The van der Waals surface area contributed by atoms with Crippen molar-refractivity contribution in [2.45, 2.75) is 6.18 Å². The van der Waals surface area contributed by atoms with Gasteiger partial charge in [-0.2, -0.15) is 18.4 Å². The lowest BCUT2D eigenvalue weighted by Gasteiger charge is -2.10. The molecule has 102 valence electrons. The molecule has 0 aliphatic heterocycles. The monoisotopic (exact) mass is 283 g/mol. The van der Waals surface area contributed by atoms with Crippen molar-refractivity contribution >= 4 is 0 Å². The maximum absolute atomic E-state index is 13.2. The zero-order chi connectivity index (χ0) is 14.9. The summed E-state index contributed by atoms with van der Waals surface area (Å²) in [5, 5.41) is 8.86. The van der Waals surface area contributed by atoms with E-state index in [-0.39, 0.29) is 16.7 Å². The minimum Gasteiger partial charge on any atom is -0.204 e. The van der Waals surface area contributed by atoms with Crippen LogP contribution < -0.4 is 0 Å². The molecule has 1 nitrogen and oxygen atoms in total. The standard InChI is InChI=1S/C14H6F5N/c15-12-5-9(7-20)11(6-13(12)16)8-2-1-3-10(4-8)14(17,18)19/h1-6H. The summed E-state index contributed by atoms with van der Waals surface area (Å²) in [5.74, 6) is -2.45. The van der Waals surface area contributed by atoms with E-state index in [0.29, 0.717) is 12.1 Å². The van der Waals surface area contributed by atoms with E-state index in [2.05, 4.69) is 0 Å². The molecule has 0 aliphatic rings. The highest BCUT2D eigenvalue weighted by Gasteiger charge is 2.30. The van der Waals surface area contributed by atoms with Gasteiger partial charge in [-0.05, 0) is 29.8 Å². The molecule has 0 atom stereocenters. The molecule has 2 aromatic rings. The summed E-state index contributed by atoms with van der Waals surface area (Å²) in [7, 11) is 0. The van der Waals surface area contributed by atoms with Gasteiger partial charge >= 0.3 is 6.18 Å². The van der Waals surface area contributed by atoms with Gasteiger partial charge in [-0.3, -0.25) is 0 Å². The Bertz CT molecular complexity index is 698. The van der Waals surface area contributed by atoms with Gasteiger partial charge in [0.25, 0.3) is 0 Å². The van der Waals surface area contributed by atoms with Gasteiger partial charge < -0.3 is 0 Å². The summed E-state index contributed by atoms with van der Waals surface area (Å²) in [6.45, 7) is 0. The van der Waals surface area contributed by atoms with E-state index < -0.39 is 23.4 Å². The van der Waals surface area contributed by atoms with Gasteiger partial charge in [0.05, 0.1) is 17.2 Å². The fourth-order valence-electron chi connectivity index (χ4n) is 1.74. The lowest BCUT2D eigenvalue weighted by molar-refractivity contribution is -0.137. The van der Waals surface area contributed by atoms with Crippen LogP contribution in [-0.4, -0.2) is 0 Å². The molecule has 6 heteroatoms. The van der Waals surface area contributed by atoms with Crippen molar-refractivity contribution in [2.24, 2.45) is 0 Å². The highest BCUT2D eigenvalue weighted by Crippen LogP contribution is 2.33. The molecular formula is C14H6F5N. The molecule has 0 aliphatic carbocycles. The Labute approximate surface area is 110 Å². The molecule has 0 bridgehead atoms. The van der Waals surface area contributed by atoms with E-state index in [9.17, 15) is 22.0 Å². The van der Waals surface area contributed by atoms with Crippen molar-refractivity contribution in [1.82, 2.24) is 0 Å². The van der Waals surface area contributed by atoms with Crippen molar-refractivity contribution in [3.8, 4) is 17.2 Å². The first-order chi connectivity index (χ1) is 9.32. The first kappa shape index (κ1) is 14.0. The fraction of sp³-hybridized carbons (Fsp3) is 0.0714. The predicted octanol–water partition coefficient (Wildman–Crippen LogP) is 4.52. The van der Waals surface area contributed by atoms with Crippen LogP contribution in [0.3, 0.4) is 0 Å². The second kappa shape index (κ2) is 4.93. The summed E-state index contributed by atoms with van der Waals surface area (Å²) in [5.41, 5.74) is -1.25. The quantitative estimate of drug-likeness (QED) is 0.706. The van der Waals surface area contributed by atoms with Crippen molar-refractivity contribution in [3.05, 3.63) is 59.2 Å². The van der Waals surface area contributed by atoms with Crippen molar-refractivity contribution in [1.29, 1.82) is 5.26 Å². The number of halogens is 5. The van der Waals surface area contributed by atoms with Crippen LogP contribution >= 0.6 is 0 Å². The third-order valence-corrected chi connectivity index (χ3v) is 2.68. The second-order valence-electron chi connectivity index (χ2n) is 4.00. The van der Waals surface area contributed by atoms with Gasteiger partial charge in [0.1, 0.15) is 0 Å². The van der Waals surface area contributed by atoms with E-state index in [1.807, 2.05) is 0 Å². The SMILES string of the molecule is N#Cc1cc(F)c(F)cc1-c1cccc(C(F)(F)F)c1. The van der Waals surface area contributed by atoms with Crippen LogP contribution in [0.5, 0.6) is 0 Å². The lowest BCUT2D eigenvalue weighted by atomic mass is 9.98. The number of rotatable bonds is 1. The van der Waals surface area contributed by atoms with Gasteiger partial charge in [-0.25, -0.2) is 8.78 Å². The number of benzene rings is 2. The summed E-state index contributed by atoms with van der Waals surface area (Å²) in [6, 6.07) is 7.08. The minimum absolute atomic E-state index is 0.00438. The summed E-state index contributed by atoms with van der Waals surface area (Å²) in [4.78, 5) is 0. The van der Waals surface area contributed by atoms with Crippen LogP contribution in [-0.2, 0) is 6.18 Å². The normalized spacial score (nSPS) is 11.2. The zero-order valence-corrected chi connectivity index (χ0v) is 9.80. The van der Waals surface area contributed by atoms with Crippen molar-refractivity contribution < 1.29 is 22.0 Å². The molecule has 0 aromatic heterocycles. The van der Waals surface area contributed by atoms with Crippen LogP contribution in [0, 0.1) is 23.0 Å². The Kier molecular flexibility index (Phi) is 3.45. The largest absolute Gasteiger partial charge is 0.416 e. The van der Waals surface area contributed by atoms with Gasteiger partial charge in [0.15, 0.2) is 11.6 Å². The van der Waals surface area contributed by atoms with E-state index >= 15 is 0 Å². The third kappa shape index (κ3) is 2.62. The van der Waals surface area contributed by atoms with Gasteiger partial charge in [0.2, 0.25) is 0 Å². The van der Waals surface area contributed by atoms with E-state index in [1.165, 1.54) is 6.07 Å². The topological polar surface area (TPSA) is 23.8 Å². The smallest absolute Gasteiger partial charge is 0.204 e. The first-order valence-electron chi connectivity index (χ1n) is 5.39. The first-order valence-corrected chi connectivity index (χ1v) is 5.39. The maximum Gasteiger partial charge on any atom is 0.416 e. The zero-order valence-electron chi connectivity index (χ0n) is 9.80. The van der Waals surface area contributed by atoms with Gasteiger partial charge in [0, 0.05) is 5.56 Å². The molecule has 0 heterocycles. The second-order valence-corrected chi connectivity index (χ2v) is 4.00. The van der Waals surface area contributed by atoms with E-state index in [4.69, 9.17) is 5.26 Å². The molecule has 0 saturated carbocycles. The predicted molar refractivity (Wildman–Crippen MR) is 61.5 cm³/mol. The average molecular weight is 283 g/mol. The van der Waals surface area contributed by atoms with Crippen molar-refractivity contribution in [2.75, 3.05) is 0 Å². The molecule has 20 heavy (non-hydrogen) atoms. The van der Waals surface area contributed by atoms with Gasteiger partial charge in [-0.15, -0.1) is 0 Å². The Morgan fingerprint density at radius 2 is 1.60 bits per heavy atom. The molecule has 2 rings (SSSR count). The fourth-order valence-corrected chi connectivity index (χ4v) is 1.74. The Morgan fingerprint density at radius 1 is 0.950 bits per heavy atom. The molecule has 0 saturated heterocycles. The maximum atomic E-state index is 13.2. The van der Waals surface area contributed by atoms with Crippen LogP contribution in [0.2, 0.25) is 0 Å². The van der Waals surface area contributed by atoms with Gasteiger partial charge in [-0.1, -0.05) is 12.1 Å². The summed E-state index contributed by atoms with van der Waals surface area (Å²) in [6.07, 6.45) is -4.55. The molecule has 0 radical (unpaired) electrons. The average Bonchev–Trinajstić information content (AvgIpc) is 2.40. The Balaban J connectivity index is 2.64.